The predicted molar refractivity (Wildman–Crippen MR) is 95.5 cm³/mol. The van der Waals surface area contributed by atoms with Crippen LogP contribution in [0.15, 0.2) is 48.5 Å². The van der Waals surface area contributed by atoms with Crippen LogP contribution >= 0.6 is 0 Å². The van der Waals surface area contributed by atoms with Crippen LogP contribution in [-0.2, 0) is 21.2 Å². The van der Waals surface area contributed by atoms with Gasteiger partial charge >= 0.3 is 0 Å². The molecule has 1 aliphatic heterocycles. The fourth-order valence-electron chi connectivity index (χ4n) is 2.88. The second-order valence-corrected chi connectivity index (χ2v) is 7.94. The van der Waals surface area contributed by atoms with E-state index in [4.69, 9.17) is 0 Å². The molecule has 1 N–H and O–H groups in total. The summed E-state index contributed by atoms with van der Waals surface area (Å²) in [6.07, 6.45) is 1.46. The summed E-state index contributed by atoms with van der Waals surface area (Å²) in [7, 11) is -3.58. The number of fused-ring (bicyclic) bond motifs is 1. The van der Waals surface area contributed by atoms with Gasteiger partial charge in [0, 0.05) is 18.7 Å². The molecule has 25 heavy (non-hydrogen) atoms. The van der Waals surface area contributed by atoms with Crippen molar-refractivity contribution in [2.24, 2.45) is 0 Å². The van der Waals surface area contributed by atoms with Gasteiger partial charge in [-0.3, -0.25) is 9.10 Å². The molecule has 0 saturated carbocycles. The van der Waals surface area contributed by atoms with Gasteiger partial charge in [0.1, 0.15) is 5.82 Å². The zero-order valence-electron chi connectivity index (χ0n) is 13.6. The zero-order valence-corrected chi connectivity index (χ0v) is 14.4. The van der Waals surface area contributed by atoms with Gasteiger partial charge in [-0.2, -0.15) is 0 Å². The van der Waals surface area contributed by atoms with Crippen LogP contribution in [0.5, 0.6) is 0 Å². The molecule has 5 nitrogen and oxygen atoms in total. The first-order chi connectivity index (χ1) is 12.0. The number of rotatable bonds is 5. The number of halogens is 1. The number of amides is 1. The Kier molecular flexibility index (Phi) is 5.03. The Hall–Kier alpha value is -2.41. The molecule has 0 fully saturated rings. The Morgan fingerprint density at radius 2 is 1.84 bits per heavy atom. The molecule has 2 aromatic carbocycles. The smallest absolute Gasteiger partial charge is 0.235 e. The molecule has 0 bridgehead atoms. The van der Waals surface area contributed by atoms with Crippen molar-refractivity contribution in [2.45, 2.75) is 19.3 Å². The van der Waals surface area contributed by atoms with E-state index >= 15 is 0 Å². The maximum Gasteiger partial charge on any atom is 0.235 e. The summed E-state index contributed by atoms with van der Waals surface area (Å²) in [6.45, 7) is 0.429. The van der Waals surface area contributed by atoms with Crippen LogP contribution < -0.4 is 9.62 Å². The number of para-hydroxylation sites is 1. The number of carbonyl (C=O) groups excluding carboxylic acids is 1. The molecule has 0 atom stereocenters. The van der Waals surface area contributed by atoms with Crippen molar-refractivity contribution >= 4 is 27.3 Å². The number of benzene rings is 2. The van der Waals surface area contributed by atoms with E-state index in [1.54, 1.807) is 6.07 Å². The summed E-state index contributed by atoms with van der Waals surface area (Å²) in [5, 5.41) is 2.58. The van der Waals surface area contributed by atoms with Gasteiger partial charge < -0.3 is 5.32 Å². The molecule has 132 valence electrons. The molecule has 0 radical (unpaired) electrons. The Balaban J connectivity index is 1.64. The maximum atomic E-state index is 12.9. The topological polar surface area (TPSA) is 66.5 Å². The second kappa shape index (κ2) is 7.23. The van der Waals surface area contributed by atoms with Crippen LogP contribution in [0, 0.1) is 5.82 Å². The summed E-state index contributed by atoms with van der Waals surface area (Å²) in [5.41, 5.74) is 2.15. The van der Waals surface area contributed by atoms with Crippen LogP contribution in [-0.4, -0.2) is 26.6 Å². The van der Waals surface area contributed by atoms with Gasteiger partial charge in [-0.15, -0.1) is 0 Å². The lowest BCUT2D eigenvalue weighted by Gasteiger charge is -2.30. The number of carbonyl (C=O) groups is 1. The lowest BCUT2D eigenvalue weighted by Crippen LogP contribution is -2.37. The van der Waals surface area contributed by atoms with Gasteiger partial charge in [0.05, 0.1) is 11.4 Å². The molecule has 7 heteroatoms. The number of hydrogen-bond acceptors (Lipinski definition) is 3. The van der Waals surface area contributed by atoms with E-state index in [0.717, 1.165) is 18.4 Å². The van der Waals surface area contributed by atoms with Gasteiger partial charge in [-0.05, 0) is 48.7 Å². The summed E-state index contributed by atoms with van der Waals surface area (Å²) in [5.74, 6) is -1.08. The van der Waals surface area contributed by atoms with Gasteiger partial charge in [0.25, 0.3) is 0 Å². The quantitative estimate of drug-likeness (QED) is 0.889. The number of nitrogens with one attached hydrogen (secondary N) is 1. The van der Waals surface area contributed by atoms with E-state index in [1.165, 1.54) is 28.6 Å². The maximum absolute atomic E-state index is 12.9. The number of sulfonamides is 1. The molecular formula is C18H19FN2O3S. The molecule has 1 aliphatic rings. The largest absolute Gasteiger partial charge is 0.326 e. The van der Waals surface area contributed by atoms with Gasteiger partial charge in [0.15, 0.2) is 0 Å². The van der Waals surface area contributed by atoms with Crippen molar-refractivity contribution in [2.75, 3.05) is 21.9 Å². The number of hydrogen-bond donors (Lipinski definition) is 1. The average Bonchev–Trinajstić information content (AvgIpc) is 2.61. The third kappa shape index (κ3) is 4.17. The number of anilines is 2. The van der Waals surface area contributed by atoms with Crippen LogP contribution in [0.25, 0.3) is 0 Å². The first kappa shape index (κ1) is 17.4. The minimum Gasteiger partial charge on any atom is -0.326 e. The van der Waals surface area contributed by atoms with E-state index in [9.17, 15) is 17.6 Å². The summed E-state index contributed by atoms with van der Waals surface area (Å²) in [4.78, 5) is 12.0. The Morgan fingerprint density at radius 1 is 1.12 bits per heavy atom. The van der Waals surface area contributed by atoms with Crippen molar-refractivity contribution in [1.29, 1.82) is 0 Å². The number of nitrogens with zero attached hydrogens (tertiary/aromatic N) is 1. The van der Waals surface area contributed by atoms with Gasteiger partial charge in [0.2, 0.25) is 15.9 Å². The van der Waals surface area contributed by atoms with Crippen molar-refractivity contribution in [3.63, 3.8) is 0 Å². The fourth-order valence-corrected chi connectivity index (χ4v) is 4.43. The van der Waals surface area contributed by atoms with Crippen LogP contribution in [0.1, 0.15) is 18.4 Å². The molecule has 0 spiro atoms. The summed E-state index contributed by atoms with van der Waals surface area (Å²) in [6, 6.07) is 12.8. The molecule has 0 aromatic heterocycles. The van der Waals surface area contributed by atoms with Crippen molar-refractivity contribution < 1.29 is 17.6 Å². The Labute approximate surface area is 146 Å². The van der Waals surface area contributed by atoms with Crippen LogP contribution in [0.3, 0.4) is 0 Å². The molecule has 3 rings (SSSR count). The second-order valence-electron chi connectivity index (χ2n) is 5.93. The molecule has 1 heterocycles. The molecule has 0 unspecified atom stereocenters. The standard InChI is InChI=1S/C18H19FN2O3S/c19-15-7-9-16(10-8-15)20-18(22)11-13-25(23,24)21-12-3-5-14-4-1-2-6-17(14)21/h1-2,4,6-10H,3,5,11-13H2,(H,20,22). The first-order valence-corrected chi connectivity index (χ1v) is 9.70. The molecule has 1 amide bonds. The lowest BCUT2D eigenvalue weighted by molar-refractivity contribution is -0.115. The van der Waals surface area contributed by atoms with E-state index < -0.39 is 21.7 Å². The fraction of sp³-hybridized carbons (Fsp3) is 0.278. The zero-order chi connectivity index (χ0) is 17.9. The normalized spacial score (nSPS) is 14.0. The van der Waals surface area contributed by atoms with Crippen LogP contribution in [0.2, 0.25) is 0 Å². The average molecular weight is 362 g/mol. The van der Waals surface area contributed by atoms with Crippen molar-refractivity contribution in [3.8, 4) is 0 Å². The SMILES string of the molecule is O=C(CCS(=O)(=O)N1CCCc2ccccc21)Nc1ccc(F)cc1. The first-order valence-electron chi connectivity index (χ1n) is 8.09. The highest BCUT2D eigenvalue weighted by Gasteiger charge is 2.27. The van der Waals surface area contributed by atoms with E-state index in [0.29, 0.717) is 17.9 Å². The molecule has 2 aromatic rings. The predicted octanol–water partition coefficient (Wildman–Crippen LogP) is 2.94. The summed E-state index contributed by atoms with van der Waals surface area (Å²) < 4.78 is 39.6. The van der Waals surface area contributed by atoms with Gasteiger partial charge in [-0.25, -0.2) is 12.8 Å². The Morgan fingerprint density at radius 3 is 2.60 bits per heavy atom. The number of aryl methyl sites for hydroxylation is 1. The highest BCUT2D eigenvalue weighted by atomic mass is 32.2. The lowest BCUT2D eigenvalue weighted by atomic mass is 10.0. The third-order valence-electron chi connectivity index (χ3n) is 4.12. The monoisotopic (exact) mass is 362 g/mol. The highest BCUT2D eigenvalue weighted by molar-refractivity contribution is 7.92. The summed E-state index contributed by atoms with van der Waals surface area (Å²) >= 11 is 0. The van der Waals surface area contributed by atoms with E-state index in [-0.39, 0.29) is 12.2 Å². The van der Waals surface area contributed by atoms with Crippen molar-refractivity contribution in [1.82, 2.24) is 0 Å². The molecule has 0 saturated heterocycles. The minimum absolute atomic E-state index is 0.154. The van der Waals surface area contributed by atoms with Gasteiger partial charge in [-0.1, -0.05) is 18.2 Å². The Bertz CT molecular complexity index is 866. The molecular weight excluding hydrogens is 343 g/mol. The van der Waals surface area contributed by atoms with E-state index in [2.05, 4.69) is 5.32 Å². The minimum atomic E-state index is -3.58. The third-order valence-corrected chi connectivity index (χ3v) is 5.89. The molecule has 0 aliphatic carbocycles. The van der Waals surface area contributed by atoms with Crippen molar-refractivity contribution in [3.05, 3.63) is 59.9 Å². The van der Waals surface area contributed by atoms with E-state index in [1.807, 2.05) is 18.2 Å². The highest BCUT2D eigenvalue weighted by Crippen LogP contribution is 2.29. The van der Waals surface area contributed by atoms with Crippen LogP contribution in [0.4, 0.5) is 15.8 Å².